The quantitative estimate of drug-likeness (QED) is 0.105. The number of ether oxygens (including phenoxy) is 2. The summed E-state index contributed by atoms with van der Waals surface area (Å²) >= 11 is 7.43. The number of para-hydroxylation sites is 1. The molecular weight excluding hydrogens is 598 g/mol. The average Bonchev–Trinajstić information content (AvgIpc) is 3.51. The fourth-order valence-electron chi connectivity index (χ4n) is 4.07. The smallest absolute Gasteiger partial charge is 0.271 e. The molecule has 0 fully saturated rings. The number of thiazole rings is 1. The Hall–Kier alpha value is -5.19. The zero-order valence-electron chi connectivity index (χ0n) is 23.8. The molecule has 222 valence electrons. The Morgan fingerprint density at radius 1 is 0.977 bits per heavy atom. The van der Waals surface area contributed by atoms with Crippen LogP contribution < -0.4 is 25.5 Å². The van der Waals surface area contributed by atoms with E-state index in [9.17, 15) is 9.59 Å². The first kappa shape index (κ1) is 30.3. The van der Waals surface area contributed by atoms with Crippen molar-refractivity contribution in [3.05, 3.63) is 118 Å². The van der Waals surface area contributed by atoms with Crippen LogP contribution in [0.2, 0.25) is 5.02 Å². The summed E-state index contributed by atoms with van der Waals surface area (Å²) in [5, 5.41) is 13.5. The van der Waals surface area contributed by atoms with Crippen molar-refractivity contribution in [1.29, 1.82) is 0 Å². The second kappa shape index (κ2) is 14.3. The normalized spacial score (nSPS) is 10.8. The maximum Gasteiger partial charge on any atom is 0.271 e. The van der Waals surface area contributed by atoms with Gasteiger partial charge in [-0.2, -0.15) is 5.10 Å². The number of hydrazone groups is 1. The van der Waals surface area contributed by atoms with Gasteiger partial charge in [0, 0.05) is 32.9 Å². The van der Waals surface area contributed by atoms with Gasteiger partial charge < -0.3 is 20.1 Å². The molecule has 0 aliphatic carbocycles. The van der Waals surface area contributed by atoms with Gasteiger partial charge in [-0.25, -0.2) is 10.4 Å². The van der Waals surface area contributed by atoms with Crippen LogP contribution in [0.1, 0.15) is 21.5 Å². The molecule has 0 aliphatic rings. The van der Waals surface area contributed by atoms with Gasteiger partial charge in [-0.15, -0.1) is 11.3 Å². The average molecular weight is 626 g/mol. The van der Waals surface area contributed by atoms with Crippen LogP contribution in [0.5, 0.6) is 11.5 Å². The number of benzene rings is 4. The van der Waals surface area contributed by atoms with E-state index in [1.54, 1.807) is 30.3 Å². The second-order valence-corrected chi connectivity index (χ2v) is 10.8. The van der Waals surface area contributed by atoms with Gasteiger partial charge in [0.1, 0.15) is 0 Å². The molecule has 0 saturated carbocycles. The summed E-state index contributed by atoms with van der Waals surface area (Å²) in [5.74, 6) is 0.183. The number of nitrogens with zero attached hydrogens (tertiary/aromatic N) is 2. The summed E-state index contributed by atoms with van der Waals surface area (Å²) in [6, 6.07) is 27.1. The SMILES string of the molecule is COc1cc(/C=N\NC(=O)c2ccc(-c3csc(Nc4ccc(Cl)cc4)n3)cc2)ccc1OCC(=O)Nc1ccccc1C. The lowest BCUT2D eigenvalue weighted by molar-refractivity contribution is -0.118. The van der Waals surface area contributed by atoms with Crippen molar-refractivity contribution < 1.29 is 19.1 Å². The number of anilines is 3. The summed E-state index contributed by atoms with van der Waals surface area (Å²) in [4.78, 5) is 29.6. The van der Waals surface area contributed by atoms with Crippen molar-refractivity contribution >= 4 is 57.5 Å². The number of amides is 2. The first-order valence-corrected chi connectivity index (χ1v) is 14.7. The minimum Gasteiger partial charge on any atom is -0.493 e. The van der Waals surface area contributed by atoms with Gasteiger partial charge in [-0.05, 0) is 78.7 Å². The monoisotopic (exact) mass is 625 g/mol. The van der Waals surface area contributed by atoms with E-state index in [1.807, 2.05) is 73.0 Å². The highest BCUT2D eigenvalue weighted by Gasteiger charge is 2.11. The largest absolute Gasteiger partial charge is 0.493 e. The molecular formula is C33H28ClN5O4S. The second-order valence-electron chi connectivity index (χ2n) is 9.51. The van der Waals surface area contributed by atoms with E-state index < -0.39 is 0 Å². The number of halogens is 1. The Morgan fingerprint density at radius 3 is 2.50 bits per heavy atom. The molecule has 0 saturated heterocycles. The van der Waals surface area contributed by atoms with Gasteiger partial charge in [0.05, 0.1) is 19.0 Å². The third-order valence-corrected chi connectivity index (χ3v) is 7.40. The third-order valence-electron chi connectivity index (χ3n) is 6.39. The number of hydrogen-bond acceptors (Lipinski definition) is 8. The molecule has 0 spiro atoms. The Balaban J connectivity index is 1.13. The molecule has 11 heteroatoms. The van der Waals surface area contributed by atoms with E-state index >= 15 is 0 Å². The van der Waals surface area contributed by atoms with Gasteiger partial charge in [-0.3, -0.25) is 9.59 Å². The van der Waals surface area contributed by atoms with Crippen molar-refractivity contribution in [2.75, 3.05) is 24.4 Å². The molecule has 4 aromatic carbocycles. The summed E-state index contributed by atoms with van der Waals surface area (Å²) < 4.78 is 11.1. The van der Waals surface area contributed by atoms with Crippen LogP contribution >= 0.6 is 22.9 Å². The number of aryl methyl sites for hydroxylation is 1. The maximum absolute atomic E-state index is 12.7. The molecule has 0 bridgehead atoms. The van der Waals surface area contributed by atoms with Crippen molar-refractivity contribution in [2.24, 2.45) is 5.10 Å². The Morgan fingerprint density at radius 2 is 1.75 bits per heavy atom. The molecule has 5 aromatic rings. The topological polar surface area (TPSA) is 114 Å². The van der Waals surface area contributed by atoms with Crippen LogP contribution in [0, 0.1) is 6.92 Å². The van der Waals surface area contributed by atoms with Crippen molar-refractivity contribution in [3.63, 3.8) is 0 Å². The number of hydrogen-bond donors (Lipinski definition) is 3. The number of carbonyl (C=O) groups excluding carboxylic acids is 2. The van der Waals surface area contributed by atoms with E-state index in [1.165, 1.54) is 24.7 Å². The summed E-state index contributed by atoms with van der Waals surface area (Å²) in [6.45, 7) is 1.73. The van der Waals surface area contributed by atoms with Crippen LogP contribution in [0.4, 0.5) is 16.5 Å². The zero-order chi connectivity index (χ0) is 30.9. The van der Waals surface area contributed by atoms with E-state index in [0.29, 0.717) is 27.6 Å². The minimum absolute atomic E-state index is 0.184. The van der Waals surface area contributed by atoms with Gasteiger partial charge in [0.25, 0.3) is 11.8 Å². The van der Waals surface area contributed by atoms with Crippen LogP contribution in [0.25, 0.3) is 11.3 Å². The summed E-state index contributed by atoms with van der Waals surface area (Å²) in [6.07, 6.45) is 1.49. The van der Waals surface area contributed by atoms with E-state index in [2.05, 4.69) is 26.1 Å². The van der Waals surface area contributed by atoms with Crippen molar-refractivity contribution in [3.8, 4) is 22.8 Å². The molecule has 0 atom stereocenters. The molecule has 3 N–H and O–H groups in total. The number of carbonyl (C=O) groups is 2. The molecule has 2 amide bonds. The molecule has 9 nitrogen and oxygen atoms in total. The maximum atomic E-state index is 12.7. The number of nitrogens with one attached hydrogen (secondary N) is 3. The highest BCUT2D eigenvalue weighted by molar-refractivity contribution is 7.14. The van der Waals surface area contributed by atoms with Gasteiger partial charge in [0.2, 0.25) is 0 Å². The molecule has 1 aromatic heterocycles. The number of rotatable bonds is 11. The third kappa shape index (κ3) is 8.00. The van der Waals surface area contributed by atoms with E-state index in [-0.39, 0.29) is 18.4 Å². The highest BCUT2D eigenvalue weighted by Crippen LogP contribution is 2.29. The molecule has 0 radical (unpaired) electrons. The minimum atomic E-state index is -0.359. The van der Waals surface area contributed by atoms with Gasteiger partial charge >= 0.3 is 0 Å². The molecule has 0 aliphatic heterocycles. The lowest BCUT2D eigenvalue weighted by Crippen LogP contribution is -2.20. The van der Waals surface area contributed by atoms with Crippen LogP contribution in [0.3, 0.4) is 0 Å². The van der Waals surface area contributed by atoms with Crippen LogP contribution in [0.15, 0.2) is 101 Å². The lowest BCUT2D eigenvalue weighted by atomic mass is 10.1. The predicted molar refractivity (Wildman–Crippen MR) is 176 cm³/mol. The van der Waals surface area contributed by atoms with Crippen LogP contribution in [-0.4, -0.2) is 36.7 Å². The predicted octanol–water partition coefficient (Wildman–Crippen LogP) is 7.31. The van der Waals surface area contributed by atoms with Gasteiger partial charge in [-0.1, -0.05) is 41.9 Å². The molecule has 1 heterocycles. The molecule has 0 unspecified atom stereocenters. The Kier molecular flexibility index (Phi) is 9.85. The van der Waals surface area contributed by atoms with Crippen molar-refractivity contribution in [1.82, 2.24) is 10.4 Å². The van der Waals surface area contributed by atoms with E-state index in [0.717, 1.165) is 33.3 Å². The first-order chi connectivity index (χ1) is 21.4. The zero-order valence-corrected chi connectivity index (χ0v) is 25.4. The molecule has 5 rings (SSSR count). The van der Waals surface area contributed by atoms with Crippen LogP contribution in [-0.2, 0) is 4.79 Å². The van der Waals surface area contributed by atoms with Crippen molar-refractivity contribution in [2.45, 2.75) is 6.92 Å². The Bertz CT molecular complexity index is 1790. The van der Waals surface area contributed by atoms with Gasteiger partial charge in [0.15, 0.2) is 23.2 Å². The number of aromatic nitrogens is 1. The Labute approximate surface area is 263 Å². The molecule has 44 heavy (non-hydrogen) atoms. The fourth-order valence-corrected chi connectivity index (χ4v) is 4.94. The first-order valence-electron chi connectivity index (χ1n) is 13.5. The standard InChI is InChI=1S/C33H28ClN5O4S/c1-21-5-3-4-6-27(21)37-31(40)19-43-29-16-7-22(17-30(29)42-2)18-35-39-32(41)24-10-8-23(9-11-24)28-20-44-33(38-28)36-26-14-12-25(34)13-15-26/h3-18,20H,19H2,1-2H3,(H,36,38)(H,37,40)(H,39,41)/b35-18-. The lowest BCUT2D eigenvalue weighted by Gasteiger charge is -2.12. The summed E-state index contributed by atoms with van der Waals surface area (Å²) in [7, 11) is 1.50. The number of methoxy groups -OCH3 is 1. The summed E-state index contributed by atoms with van der Waals surface area (Å²) in [5.41, 5.74) is 7.91. The highest BCUT2D eigenvalue weighted by atomic mass is 35.5. The fraction of sp³-hybridized carbons (Fsp3) is 0.0909. The van der Waals surface area contributed by atoms with E-state index in [4.69, 9.17) is 21.1 Å².